The third-order valence-electron chi connectivity index (χ3n) is 3.15. The largest absolute Gasteiger partial charge is 0.507 e. The number of carbonyl (C=O) groups is 1. The van der Waals surface area contributed by atoms with E-state index >= 15 is 0 Å². The average Bonchev–Trinajstić information content (AvgIpc) is 2.25. The van der Waals surface area contributed by atoms with Crippen molar-refractivity contribution in [3.05, 3.63) is 28.8 Å². The summed E-state index contributed by atoms with van der Waals surface area (Å²) in [5.41, 5.74) is 1.53. The first-order chi connectivity index (χ1) is 8.48. The molecule has 106 valence electrons. The Hall–Kier alpha value is -1.51. The lowest BCUT2D eigenvalue weighted by molar-refractivity contribution is 0.0600. The molecule has 0 aliphatic heterocycles. The summed E-state index contributed by atoms with van der Waals surface area (Å²) in [5, 5.41) is 10.5. The number of hydrogen-bond donors (Lipinski definition) is 1. The molecule has 0 unspecified atom stereocenters. The minimum atomic E-state index is -0.379. The molecule has 0 saturated heterocycles. The number of aromatic hydroxyl groups is 1. The van der Waals surface area contributed by atoms with Gasteiger partial charge in [0.1, 0.15) is 5.75 Å². The molecule has 1 aromatic rings. The molecule has 3 nitrogen and oxygen atoms in total. The van der Waals surface area contributed by atoms with Crippen molar-refractivity contribution in [1.29, 1.82) is 0 Å². The first-order valence-corrected chi connectivity index (χ1v) is 6.44. The molecule has 0 amide bonds. The number of benzene rings is 1. The molecular formula is C16H24O3. The first kappa shape index (κ1) is 15.5. The molecule has 0 atom stereocenters. The Morgan fingerprint density at radius 3 is 1.63 bits per heavy atom. The number of rotatable bonds is 1. The molecule has 0 aliphatic carbocycles. The molecule has 0 spiro atoms. The second-order valence-electron chi connectivity index (χ2n) is 6.91. The van der Waals surface area contributed by atoms with Gasteiger partial charge in [-0.25, -0.2) is 4.79 Å². The summed E-state index contributed by atoms with van der Waals surface area (Å²) in [4.78, 5) is 11.8. The molecule has 0 fully saturated rings. The van der Waals surface area contributed by atoms with E-state index in [1.165, 1.54) is 7.11 Å². The lowest BCUT2D eigenvalue weighted by Gasteiger charge is -2.27. The normalized spacial score (nSPS) is 12.4. The Labute approximate surface area is 115 Å². The summed E-state index contributed by atoms with van der Waals surface area (Å²) in [7, 11) is 1.36. The van der Waals surface area contributed by atoms with Crippen molar-refractivity contribution in [1.82, 2.24) is 0 Å². The molecule has 0 bridgehead atoms. The van der Waals surface area contributed by atoms with Crippen LogP contribution < -0.4 is 0 Å². The van der Waals surface area contributed by atoms with Crippen molar-refractivity contribution >= 4 is 5.97 Å². The zero-order chi connectivity index (χ0) is 15.0. The van der Waals surface area contributed by atoms with Crippen molar-refractivity contribution in [3.63, 3.8) is 0 Å². The van der Waals surface area contributed by atoms with Gasteiger partial charge in [-0.15, -0.1) is 0 Å². The molecule has 0 aliphatic rings. The lowest BCUT2D eigenvalue weighted by atomic mass is 9.78. The number of methoxy groups -OCH3 is 1. The molecule has 0 aromatic heterocycles. The van der Waals surface area contributed by atoms with E-state index in [1.54, 1.807) is 12.1 Å². The Kier molecular flexibility index (Phi) is 3.99. The van der Waals surface area contributed by atoms with Crippen molar-refractivity contribution in [2.75, 3.05) is 7.11 Å². The van der Waals surface area contributed by atoms with Crippen LogP contribution in [0.1, 0.15) is 63.0 Å². The van der Waals surface area contributed by atoms with Crippen LogP contribution in [-0.4, -0.2) is 18.2 Å². The van der Waals surface area contributed by atoms with Crippen LogP contribution in [0.2, 0.25) is 0 Å². The summed E-state index contributed by atoms with van der Waals surface area (Å²) in [6.45, 7) is 12.1. The van der Waals surface area contributed by atoms with E-state index in [4.69, 9.17) is 4.74 Å². The minimum Gasteiger partial charge on any atom is -0.507 e. The van der Waals surface area contributed by atoms with E-state index in [-0.39, 0.29) is 22.5 Å². The minimum absolute atomic E-state index is 0.242. The van der Waals surface area contributed by atoms with Gasteiger partial charge in [0.15, 0.2) is 0 Å². The fourth-order valence-electron chi connectivity index (χ4n) is 2.01. The quantitative estimate of drug-likeness (QED) is 0.785. The van der Waals surface area contributed by atoms with E-state index in [0.717, 1.165) is 11.1 Å². The summed E-state index contributed by atoms with van der Waals surface area (Å²) in [5.74, 6) is -0.108. The highest BCUT2D eigenvalue weighted by Crippen LogP contribution is 2.39. The standard InChI is InChI=1S/C16H24O3/c1-15(2,3)11-8-10(14(18)19-7)9-12(13(11)17)16(4,5)6/h8-9,17H,1-7H3. The maximum Gasteiger partial charge on any atom is 0.337 e. The monoisotopic (exact) mass is 264 g/mol. The van der Waals surface area contributed by atoms with Gasteiger partial charge in [-0.3, -0.25) is 0 Å². The van der Waals surface area contributed by atoms with Gasteiger partial charge in [0, 0.05) is 11.1 Å². The summed E-state index contributed by atoms with van der Waals surface area (Å²) < 4.78 is 4.79. The maximum absolute atomic E-state index is 11.8. The van der Waals surface area contributed by atoms with Gasteiger partial charge < -0.3 is 9.84 Å². The zero-order valence-corrected chi connectivity index (χ0v) is 12.9. The number of ether oxygens (including phenoxy) is 1. The fraction of sp³-hybridized carbons (Fsp3) is 0.562. The number of hydrogen-bond acceptors (Lipinski definition) is 3. The number of phenols is 1. The summed E-state index contributed by atoms with van der Waals surface area (Å²) >= 11 is 0. The summed E-state index contributed by atoms with van der Waals surface area (Å²) in [6.07, 6.45) is 0. The molecule has 19 heavy (non-hydrogen) atoms. The Balaban J connectivity index is 3.62. The van der Waals surface area contributed by atoms with Crippen molar-refractivity contribution < 1.29 is 14.6 Å². The van der Waals surface area contributed by atoms with Crippen LogP contribution in [0.3, 0.4) is 0 Å². The molecular weight excluding hydrogens is 240 g/mol. The SMILES string of the molecule is COC(=O)c1cc(C(C)(C)C)c(O)c(C(C)(C)C)c1. The topological polar surface area (TPSA) is 46.5 Å². The molecule has 3 heteroatoms. The van der Waals surface area contributed by atoms with E-state index < -0.39 is 0 Å². The Bertz CT molecular complexity index is 453. The van der Waals surface area contributed by atoms with Gasteiger partial charge in [-0.05, 0) is 23.0 Å². The molecule has 0 heterocycles. The van der Waals surface area contributed by atoms with Crippen molar-refractivity contribution in [2.24, 2.45) is 0 Å². The van der Waals surface area contributed by atoms with Crippen molar-refractivity contribution in [3.8, 4) is 5.75 Å². The summed E-state index contributed by atoms with van der Waals surface area (Å²) in [6, 6.07) is 3.44. The van der Waals surface area contributed by atoms with Crippen LogP contribution in [0, 0.1) is 0 Å². The highest BCUT2D eigenvalue weighted by atomic mass is 16.5. The lowest BCUT2D eigenvalue weighted by Crippen LogP contribution is -2.19. The smallest absolute Gasteiger partial charge is 0.337 e. The van der Waals surface area contributed by atoms with E-state index in [2.05, 4.69) is 0 Å². The van der Waals surface area contributed by atoms with Gasteiger partial charge in [-0.1, -0.05) is 41.5 Å². The Morgan fingerprint density at radius 2 is 1.37 bits per heavy atom. The third-order valence-corrected chi connectivity index (χ3v) is 3.15. The van der Waals surface area contributed by atoms with Crippen LogP contribution in [0.15, 0.2) is 12.1 Å². The molecule has 0 saturated carbocycles. The van der Waals surface area contributed by atoms with Crippen LogP contribution >= 0.6 is 0 Å². The van der Waals surface area contributed by atoms with Gasteiger partial charge in [0.05, 0.1) is 12.7 Å². The predicted molar refractivity (Wildman–Crippen MR) is 76.8 cm³/mol. The highest BCUT2D eigenvalue weighted by Gasteiger charge is 2.27. The average molecular weight is 264 g/mol. The molecule has 1 aromatic carbocycles. The van der Waals surface area contributed by atoms with Crippen LogP contribution in [0.25, 0.3) is 0 Å². The second kappa shape index (κ2) is 4.87. The van der Waals surface area contributed by atoms with Crippen molar-refractivity contribution in [2.45, 2.75) is 52.4 Å². The second-order valence-corrected chi connectivity index (χ2v) is 6.91. The number of carbonyl (C=O) groups excluding carboxylic acids is 1. The fourth-order valence-corrected chi connectivity index (χ4v) is 2.01. The van der Waals surface area contributed by atoms with Gasteiger partial charge in [0.2, 0.25) is 0 Å². The zero-order valence-electron chi connectivity index (χ0n) is 12.9. The van der Waals surface area contributed by atoms with Crippen LogP contribution in [0.5, 0.6) is 5.75 Å². The predicted octanol–water partition coefficient (Wildman–Crippen LogP) is 3.77. The van der Waals surface area contributed by atoms with E-state index in [1.807, 2.05) is 41.5 Å². The van der Waals surface area contributed by atoms with Gasteiger partial charge >= 0.3 is 5.97 Å². The molecule has 1 rings (SSSR count). The Morgan fingerprint density at radius 1 is 1.00 bits per heavy atom. The molecule has 1 N–H and O–H groups in total. The molecule has 0 radical (unpaired) electrons. The van der Waals surface area contributed by atoms with E-state index in [0.29, 0.717) is 5.56 Å². The van der Waals surface area contributed by atoms with Crippen LogP contribution in [0.4, 0.5) is 0 Å². The first-order valence-electron chi connectivity index (χ1n) is 6.44. The van der Waals surface area contributed by atoms with Crippen LogP contribution in [-0.2, 0) is 15.6 Å². The van der Waals surface area contributed by atoms with Gasteiger partial charge in [-0.2, -0.15) is 0 Å². The number of phenolic OH excluding ortho intramolecular Hbond substituents is 1. The van der Waals surface area contributed by atoms with E-state index in [9.17, 15) is 9.90 Å². The highest BCUT2D eigenvalue weighted by molar-refractivity contribution is 5.90. The number of esters is 1. The maximum atomic E-state index is 11.8. The third kappa shape index (κ3) is 3.28. The van der Waals surface area contributed by atoms with Gasteiger partial charge in [0.25, 0.3) is 0 Å².